The molecule has 6 nitrogen and oxygen atoms in total. The molecule has 0 fully saturated rings. The highest BCUT2D eigenvalue weighted by Crippen LogP contribution is 2.24. The summed E-state index contributed by atoms with van der Waals surface area (Å²) in [6, 6.07) is 5.39. The number of furan rings is 1. The first-order chi connectivity index (χ1) is 9.31. The fourth-order valence-corrected chi connectivity index (χ4v) is 2.28. The van der Waals surface area contributed by atoms with Crippen LogP contribution in [-0.2, 0) is 11.3 Å². The fraction of sp³-hybridized carbons (Fsp3) is 0.0833. The fourth-order valence-electron chi connectivity index (χ4n) is 1.57. The summed E-state index contributed by atoms with van der Waals surface area (Å²) in [7, 11) is 0. The number of rotatable bonds is 4. The van der Waals surface area contributed by atoms with Crippen LogP contribution in [0.25, 0.3) is 11.5 Å². The van der Waals surface area contributed by atoms with Crippen LogP contribution in [0, 0.1) is 0 Å². The van der Waals surface area contributed by atoms with Gasteiger partial charge in [0.2, 0.25) is 5.91 Å². The van der Waals surface area contributed by atoms with E-state index in [1.54, 1.807) is 35.5 Å². The average Bonchev–Trinajstić information content (AvgIpc) is 3.09. The standard InChI is InChI=1S/C12H10N4O2S/c17-11(7-16-5-2-4-13-16)15-12-14-9(8-19-12)10-3-1-6-18-10/h1-6,8H,7H2,(H,14,15,17). The molecule has 1 N–H and O–H groups in total. The molecule has 96 valence electrons. The summed E-state index contributed by atoms with van der Waals surface area (Å²) in [6.45, 7) is 0.169. The number of nitrogens with zero attached hydrogens (tertiary/aromatic N) is 3. The molecule has 3 rings (SSSR count). The first-order valence-electron chi connectivity index (χ1n) is 5.58. The second-order valence-corrected chi connectivity index (χ2v) is 4.63. The number of hydrogen-bond donors (Lipinski definition) is 1. The van der Waals surface area contributed by atoms with Gasteiger partial charge in [0, 0.05) is 17.8 Å². The largest absolute Gasteiger partial charge is 0.463 e. The smallest absolute Gasteiger partial charge is 0.247 e. The van der Waals surface area contributed by atoms with Gasteiger partial charge in [-0.2, -0.15) is 5.10 Å². The first-order valence-corrected chi connectivity index (χ1v) is 6.46. The summed E-state index contributed by atoms with van der Waals surface area (Å²) in [6.07, 6.45) is 4.95. The molecule has 19 heavy (non-hydrogen) atoms. The quantitative estimate of drug-likeness (QED) is 0.791. The van der Waals surface area contributed by atoms with Gasteiger partial charge in [0.05, 0.1) is 6.26 Å². The molecule has 0 atom stereocenters. The summed E-state index contributed by atoms with van der Waals surface area (Å²) in [4.78, 5) is 16.0. The van der Waals surface area contributed by atoms with Gasteiger partial charge in [-0.05, 0) is 18.2 Å². The van der Waals surface area contributed by atoms with E-state index in [2.05, 4.69) is 15.4 Å². The van der Waals surface area contributed by atoms with Gasteiger partial charge in [-0.15, -0.1) is 11.3 Å². The predicted molar refractivity (Wildman–Crippen MR) is 70.7 cm³/mol. The lowest BCUT2D eigenvalue weighted by Gasteiger charge is -2.01. The maximum atomic E-state index is 11.7. The molecule has 3 aromatic rings. The third-order valence-electron chi connectivity index (χ3n) is 2.39. The molecule has 0 spiro atoms. The number of thiazole rings is 1. The summed E-state index contributed by atoms with van der Waals surface area (Å²) >= 11 is 1.36. The van der Waals surface area contributed by atoms with Crippen LogP contribution >= 0.6 is 11.3 Å². The molecular weight excluding hydrogens is 264 g/mol. The van der Waals surface area contributed by atoms with Crippen molar-refractivity contribution >= 4 is 22.4 Å². The number of amides is 1. The van der Waals surface area contributed by atoms with Crippen molar-refractivity contribution in [3.63, 3.8) is 0 Å². The summed E-state index contributed by atoms with van der Waals surface area (Å²) in [5.41, 5.74) is 0.712. The zero-order valence-corrected chi connectivity index (χ0v) is 10.6. The first kappa shape index (κ1) is 11.7. The third-order valence-corrected chi connectivity index (χ3v) is 3.15. The van der Waals surface area contributed by atoms with Gasteiger partial charge in [-0.3, -0.25) is 9.48 Å². The molecule has 7 heteroatoms. The summed E-state index contributed by atoms with van der Waals surface area (Å²) in [5.74, 6) is 0.521. The second-order valence-electron chi connectivity index (χ2n) is 3.77. The topological polar surface area (TPSA) is 73.0 Å². The van der Waals surface area contributed by atoms with E-state index in [4.69, 9.17) is 4.42 Å². The van der Waals surface area contributed by atoms with Crippen molar-refractivity contribution in [3.8, 4) is 11.5 Å². The van der Waals surface area contributed by atoms with E-state index < -0.39 is 0 Å². The van der Waals surface area contributed by atoms with Crippen LogP contribution in [0.5, 0.6) is 0 Å². The summed E-state index contributed by atoms with van der Waals surface area (Å²) in [5, 5.41) is 9.08. The van der Waals surface area contributed by atoms with Crippen molar-refractivity contribution in [3.05, 3.63) is 42.2 Å². The van der Waals surface area contributed by atoms with Crippen LogP contribution in [-0.4, -0.2) is 20.7 Å². The van der Waals surface area contributed by atoms with Gasteiger partial charge in [0.25, 0.3) is 0 Å². The van der Waals surface area contributed by atoms with E-state index in [0.29, 0.717) is 16.6 Å². The van der Waals surface area contributed by atoms with Crippen LogP contribution in [0.1, 0.15) is 0 Å². The average molecular weight is 274 g/mol. The lowest BCUT2D eigenvalue weighted by Crippen LogP contribution is -2.18. The van der Waals surface area contributed by atoms with Gasteiger partial charge < -0.3 is 9.73 Å². The highest BCUT2D eigenvalue weighted by Gasteiger charge is 2.09. The molecule has 0 aliphatic carbocycles. The van der Waals surface area contributed by atoms with Crippen molar-refractivity contribution in [1.82, 2.24) is 14.8 Å². The minimum atomic E-state index is -0.163. The van der Waals surface area contributed by atoms with Gasteiger partial charge in [0.15, 0.2) is 10.9 Å². The molecule has 0 saturated heterocycles. The van der Waals surface area contributed by atoms with Crippen LogP contribution in [0.2, 0.25) is 0 Å². The molecule has 0 unspecified atom stereocenters. The normalized spacial score (nSPS) is 10.5. The van der Waals surface area contributed by atoms with E-state index in [1.165, 1.54) is 11.3 Å². The van der Waals surface area contributed by atoms with Crippen LogP contribution < -0.4 is 5.32 Å². The number of aromatic nitrogens is 3. The van der Waals surface area contributed by atoms with Crippen molar-refractivity contribution in [2.75, 3.05) is 5.32 Å². The Morgan fingerprint density at radius 3 is 3.16 bits per heavy atom. The van der Waals surface area contributed by atoms with Crippen molar-refractivity contribution in [2.24, 2.45) is 0 Å². The highest BCUT2D eigenvalue weighted by atomic mass is 32.1. The molecule has 0 aromatic carbocycles. The predicted octanol–water partition coefficient (Wildman–Crippen LogP) is 2.24. The molecular formula is C12H10N4O2S. The Hall–Kier alpha value is -2.41. The van der Waals surface area contributed by atoms with Gasteiger partial charge in [-0.1, -0.05) is 0 Å². The Bertz CT molecular complexity index is 658. The Morgan fingerprint density at radius 1 is 1.47 bits per heavy atom. The lowest BCUT2D eigenvalue weighted by molar-refractivity contribution is -0.116. The maximum absolute atomic E-state index is 11.7. The highest BCUT2D eigenvalue weighted by molar-refractivity contribution is 7.14. The van der Waals surface area contributed by atoms with E-state index in [-0.39, 0.29) is 12.5 Å². The molecule has 0 aliphatic rings. The maximum Gasteiger partial charge on any atom is 0.247 e. The molecule has 0 bridgehead atoms. The Balaban J connectivity index is 1.65. The van der Waals surface area contributed by atoms with Crippen molar-refractivity contribution < 1.29 is 9.21 Å². The zero-order chi connectivity index (χ0) is 13.1. The SMILES string of the molecule is O=C(Cn1cccn1)Nc1nc(-c2ccco2)cs1. The molecule has 0 aliphatic heterocycles. The third kappa shape index (κ3) is 2.71. The van der Waals surface area contributed by atoms with E-state index >= 15 is 0 Å². The van der Waals surface area contributed by atoms with Crippen LogP contribution in [0.4, 0.5) is 5.13 Å². The minimum absolute atomic E-state index is 0.163. The molecule has 0 radical (unpaired) electrons. The Kier molecular flexibility index (Phi) is 3.11. The molecule has 0 saturated carbocycles. The number of carbonyl (C=O) groups excluding carboxylic acids is 1. The molecule has 3 aromatic heterocycles. The van der Waals surface area contributed by atoms with Gasteiger partial charge >= 0.3 is 0 Å². The molecule has 3 heterocycles. The lowest BCUT2D eigenvalue weighted by atomic mass is 10.4. The summed E-state index contributed by atoms with van der Waals surface area (Å²) < 4.78 is 6.79. The van der Waals surface area contributed by atoms with Crippen molar-refractivity contribution in [1.29, 1.82) is 0 Å². The second kappa shape index (κ2) is 5.07. The monoisotopic (exact) mass is 274 g/mol. The number of nitrogens with one attached hydrogen (secondary N) is 1. The van der Waals surface area contributed by atoms with Crippen LogP contribution in [0.3, 0.4) is 0 Å². The zero-order valence-electron chi connectivity index (χ0n) is 9.81. The minimum Gasteiger partial charge on any atom is -0.463 e. The Labute approximate surface area is 112 Å². The van der Waals surface area contributed by atoms with E-state index in [0.717, 1.165) is 0 Å². The van der Waals surface area contributed by atoms with Crippen molar-refractivity contribution in [2.45, 2.75) is 6.54 Å². The number of carbonyl (C=O) groups is 1. The van der Waals surface area contributed by atoms with Crippen LogP contribution in [0.15, 0.2) is 46.7 Å². The van der Waals surface area contributed by atoms with E-state index in [1.807, 2.05) is 11.4 Å². The Morgan fingerprint density at radius 2 is 2.42 bits per heavy atom. The number of anilines is 1. The van der Waals surface area contributed by atoms with E-state index in [9.17, 15) is 4.79 Å². The molecule has 1 amide bonds. The van der Waals surface area contributed by atoms with Gasteiger partial charge in [0.1, 0.15) is 12.2 Å². The van der Waals surface area contributed by atoms with Gasteiger partial charge in [-0.25, -0.2) is 4.98 Å². The number of hydrogen-bond acceptors (Lipinski definition) is 5.